The normalized spacial score (nSPS) is 17.0. The lowest BCUT2D eigenvalue weighted by Crippen LogP contribution is -2.46. The zero-order valence-electron chi connectivity index (χ0n) is 16.7. The maximum absolute atomic E-state index is 12.6. The number of halogens is 3. The van der Waals surface area contributed by atoms with Crippen LogP contribution < -0.4 is 10.1 Å². The second-order valence-electron chi connectivity index (χ2n) is 7.55. The van der Waals surface area contributed by atoms with E-state index >= 15 is 0 Å². The summed E-state index contributed by atoms with van der Waals surface area (Å²) in [6.45, 7) is 2.25. The molecule has 4 rings (SSSR count). The maximum Gasteiger partial charge on any atom is 0.573 e. The Balaban J connectivity index is 1.29. The third-order valence-corrected chi connectivity index (χ3v) is 5.24. The third kappa shape index (κ3) is 5.44. The molecule has 0 bridgehead atoms. The van der Waals surface area contributed by atoms with Crippen molar-refractivity contribution in [3.8, 4) is 5.75 Å². The first kappa shape index (κ1) is 21.0. The van der Waals surface area contributed by atoms with Gasteiger partial charge in [0.15, 0.2) is 5.65 Å². The summed E-state index contributed by atoms with van der Waals surface area (Å²) in [4.78, 5) is 23.1. The largest absolute Gasteiger partial charge is 0.573 e. The minimum atomic E-state index is -4.72. The fourth-order valence-corrected chi connectivity index (χ4v) is 3.81. The number of aromatic nitrogens is 3. The molecule has 31 heavy (non-hydrogen) atoms. The number of nitrogens with one attached hydrogen (secondary N) is 1. The van der Waals surface area contributed by atoms with Crippen LogP contribution in [0.2, 0.25) is 0 Å². The number of hydrogen-bond donors (Lipinski definition) is 1. The lowest BCUT2D eigenvalue weighted by Gasteiger charge is -2.33. The number of likely N-dealkylation sites (tertiary alicyclic amines) is 1. The number of piperidine rings is 1. The molecule has 1 saturated heterocycles. The van der Waals surface area contributed by atoms with Gasteiger partial charge in [-0.05, 0) is 48.6 Å². The molecule has 3 aromatic rings. The number of nitrogens with zero attached hydrogens (tertiary/aromatic N) is 4. The molecule has 1 unspecified atom stereocenters. The summed E-state index contributed by atoms with van der Waals surface area (Å²) in [5.41, 5.74) is 2.37. The van der Waals surface area contributed by atoms with E-state index in [1.807, 2.05) is 16.7 Å². The van der Waals surface area contributed by atoms with Gasteiger partial charge in [0.1, 0.15) is 11.3 Å². The van der Waals surface area contributed by atoms with Crippen molar-refractivity contribution in [3.05, 3.63) is 54.5 Å². The van der Waals surface area contributed by atoms with Crippen molar-refractivity contribution in [1.29, 1.82) is 0 Å². The number of fused-ring (bicyclic) bond motifs is 1. The number of imidazole rings is 1. The summed E-state index contributed by atoms with van der Waals surface area (Å²) < 4.78 is 42.6. The predicted molar refractivity (Wildman–Crippen MR) is 107 cm³/mol. The highest BCUT2D eigenvalue weighted by Crippen LogP contribution is 2.23. The molecular formula is C21H22F3N5O2. The molecule has 1 aliphatic heterocycles. The summed E-state index contributed by atoms with van der Waals surface area (Å²) in [5.74, 6) is 0.000622. The van der Waals surface area contributed by atoms with Crippen LogP contribution in [0.5, 0.6) is 5.75 Å². The Kier molecular flexibility index (Phi) is 5.97. The van der Waals surface area contributed by atoms with Crippen molar-refractivity contribution in [2.45, 2.75) is 32.3 Å². The molecule has 10 heteroatoms. The van der Waals surface area contributed by atoms with E-state index in [2.05, 4.69) is 20.0 Å². The number of amides is 2. The minimum Gasteiger partial charge on any atom is -0.406 e. The van der Waals surface area contributed by atoms with E-state index < -0.39 is 6.36 Å². The van der Waals surface area contributed by atoms with Crippen LogP contribution in [0.1, 0.15) is 18.4 Å². The smallest absolute Gasteiger partial charge is 0.406 e. The lowest BCUT2D eigenvalue weighted by atomic mass is 9.98. The first-order valence-corrected chi connectivity index (χ1v) is 10.0. The molecule has 0 aliphatic carbocycles. The molecular weight excluding hydrogens is 411 g/mol. The Bertz CT molecular complexity index is 1040. The molecule has 2 amide bonds. The van der Waals surface area contributed by atoms with Crippen molar-refractivity contribution in [2.75, 3.05) is 13.1 Å². The Morgan fingerprint density at radius 3 is 2.77 bits per heavy atom. The topological polar surface area (TPSA) is 72.3 Å². The number of carbonyl (C=O) groups is 1. The average Bonchev–Trinajstić information content (AvgIpc) is 3.15. The van der Waals surface area contributed by atoms with Crippen molar-refractivity contribution >= 4 is 17.2 Å². The number of carbonyl (C=O) groups excluding carboxylic acids is 1. The number of alkyl halides is 3. The van der Waals surface area contributed by atoms with Crippen LogP contribution in [0.4, 0.5) is 18.0 Å². The van der Waals surface area contributed by atoms with E-state index in [0.29, 0.717) is 18.7 Å². The molecule has 1 N–H and O–H groups in total. The van der Waals surface area contributed by atoms with Crippen LogP contribution in [0.15, 0.2) is 48.9 Å². The Hall–Kier alpha value is -3.30. The predicted octanol–water partition coefficient (Wildman–Crippen LogP) is 3.95. The first-order valence-electron chi connectivity index (χ1n) is 10.0. The van der Waals surface area contributed by atoms with Gasteiger partial charge in [0.2, 0.25) is 0 Å². The van der Waals surface area contributed by atoms with Crippen molar-refractivity contribution < 1.29 is 22.7 Å². The van der Waals surface area contributed by atoms with Crippen molar-refractivity contribution in [1.82, 2.24) is 24.8 Å². The van der Waals surface area contributed by atoms with Gasteiger partial charge in [-0.2, -0.15) is 0 Å². The zero-order chi connectivity index (χ0) is 21.8. The highest BCUT2D eigenvalue weighted by Gasteiger charge is 2.31. The van der Waals surface area contributed by atoms with Crippen molar-refractivity contribution in [2.24, 2.45) is 5.92 Å². The van der Waals surface area contributed by atoms with Gasteiger partial charge in [-0.3, -0.25) is 0 Å². The number of pyridine rings is 1. The van der Waals surface area contributed by atoms with Crippen LogP contribution in [-0.4, -0.2) is 44.9 Å². The zero-order valence-corrected chi connectivity index (χ0v) is 16.7. The van der Waals surface area contributed by atoms with Gasteiger partial charge >= 0.3 is 12.4 Å². The van der Waals surface area contributed by atoms with Crippen molar-refractivity contribution in [3.63, 3.8) is 0 Å². The van der Waals surface area contributed by atoms with Gasteiger partial charge in [0.25, 0.3) is 0 Å². The van der Waals surface area contributed by atoms with Crippen LogP contribution in [0, 0.1) is 5.92 Å². The second-order valence-corrected chi connectivity index (χ2v) is 7.55. The van der Waals surface area contributed by atoms with Crippen LogP contribution in [-0.2, 0) is 13.1 Å². The molecule has 7 nitrogen and oxygen atoms in total. The van der Waals surface area contributed by atoms with Crippen LogP contribution >= 0.6 is 0 Å². The first-order chi connectivity index (χ1) is 14.9. The molecule has 2 aromatic heterocycles. The molecule has 1 atom stereocenters. The number of benzene rings is 1. The molecule has 0 spiro atoms. The van der Waals surface area contributed by atoms with Gasteiger partial charge in [-0.1, -0.05) is 12.1 Å². The maximum atomic E-state index is 12.6. The highest BCUT2D eigenvalue weighted by atomic mass is 19.4. The number of urea groups is 1. The number of rotatable bonds is 5. The lowest BCUT2D eigenvalue weighted by molar-refractivity contribution is -0.274. The molecule has 0 radical (unpaired) electrons. The van der Waals surface area contributed by atoms with Gasteiger partial charge < -0.3 is 19.5 Å². The summed E-state index contributed by atoms with van der Waals surface area (Å²) >= 11 is 0. The molecule has 1 aliphatic rings. The molecule has 3 heterocycles. The summed E-state index contributed by atoms with van der Waals surface area (Å²) in [6.07, 6.45) is 0.712. The molecule has 1 fully saturated rings. The van der Waals surface area contributed by atoms with E-state index in [-0.39, 0.29) is 24.2 Å². The SMILES string of the molecule is O=C(NCc1ccc(OC(F)(F)F)cc1)N1CCCC(Cn2cnc3cccnc32)C1. The van der Waals surface area contributed by atoms with E-state index in [4.69, 9.17) is 0 Å². The average molecular weight is 433 g/mol. The van der Waals surface area contributed by atoms with Gasteiger partial charge in [0, 0.05) is 32.4 Å². The summed E-state index contributed by atoms with van der Waals surface area (Å²) in [6, 6.07) is 9.04. The Morgan fingerprint density at radius 2 is 2.00 bits per heavy atom. The van der Waals surface area contributed by atoms with Gasteiger partial charge in [-0.15, -0.1) is 13.2 Å². The van der Waals surface area contributed by atoms with Crippen LogP contribution in [0.3, 0.4) is 0 Å². The summed E-state index contributed by atoms with van der Waals surface area (Å²) in [5, 5.41) is 2.84. The monoisotopic (exact) mass is 433 g/mol. The molecule has 1 aromatic carbocycles. The Labute approximate surface area is 176 Å². The van der Waals surface area contributed by atoms with E-state index in [9.17, 15) is 18.0 Å². The van der Waals surface area contributed by atoms with E-state index in [1.54, 1.807) is 17.4 Å². The third-order valence-electron chi connectivity index (χ3n) is 5.24. The van der Waals surface area contributed by atoms with E-state index in [0.717, 1.165) is 30.6 Å². The number of ether oxygens (including phenoxy) is 1. The van der Waals surface area contributed by atoms with Crippen LogP contribution in [0.25, 0.3) is 11.2 Å². The quantitative estimate of drug-likeness (QED) is 0.661. The minimum absolute atomic E-state index is 0.186. The molecule has 0 saturated carbocycles. The standard InChI is InChI=1S/C21H22F3N5O2/c22-21(23,24)31-17-7-5-15(6-8-17)11-26-20(30)28-10-2-3-16(12-28)13-29-14-27-18-4-1-9-25-19(18)29/h1,4-9,14,16H,2-3,10-13H2,(H,26,30). The van der Waals surface area contributed by atoms with E-state index in [1.165, 1.54) is 24.3 Å². The Morgan fingerprint density at radius 1 is 1.19 bits per heavy atom. The number of hydrogen-bond acceptors (Lipinski definition) is 4. The van der Waals surface area contributed by atoms with Gasteiger partial charge in [-0.25, -0.2) is 14.8 Å². The molecule has 164 valence electrons. The fraction of sp³-hybridized carbons (Fsp3) is 0.381. The summed E-state index contributed by atoms with van der Waals surface area (Å²) in [7, 11) is 0. The second kappa shape index (κ2) is 8.83. The highest BCUT2D eigenvalue weighted by molar-refractivity contribution is 5.74. The van der Waals surface area contributed by atoms with Gasteiger partial charge in [0.05, 0.1) is 6.33 Å². The fourth-order valence-electron chi connectivity index (χ4n) is 3.81.